The molecule has 1 aliphatic rings. The number of amides is 1. The Balaban J connectivity index is 1.73. The van der Waals surface area contributed by atoms with Crippen molar-refractivity contribution in [2.24, 2.45) is 4.99 Å². The Bertz CT molecular complexity index is 1240. The Morgan fingerprint density at radius 3 is 2.79 bits per heavy atom. The van der Waals surface area contributed by atoms with Gasteiger partial charge >= 0.3 is 0 Å². The fourth-order valence-electron chi connectivity index (χ4n) is 3.58. The van der Waals surface area contributed by atoms with Gasteiger partial charge in [0.2, 0.25) is 0 Å². The minimum Gasteiger partial charge on any atom is -0.355 e. The summed E-state index contributed by atoms with van der Waals surface area (Å²) in [6.07, 6.45) is 8.38. The minimum absolute atomic E-state index is 0.102. The van der Waals surface area contributed by atoms with E-state index in [9.17, 15) is 9.59 Å². The number of nitrogens with one attached hydrogen (secondary N) is 2. The van der Waals surface area contributed by atoms with Gasteiger partial charge in [0, 0.05) is 30.9 Å². The molecule has 0 radical (unpaired) electrons. The van der Waals surface area contributed by atoms with Crippen molar-refractivity contribution < 1.29 is 14.0 Å². The molecule has 0 spiro atoms. The summed E-state index contributed by atoms with van der Waals surface area (Å²) in [5, 5.41) is 4.25. The van der Waals surface area contributed by atoms with Crippen molar-refractivity contribution in [3.8, 4) is 0 Å². The highest BCUT2D eigenvalue weighted by Crippen LogP contribution is 2.22. The van der Waals surface area contributed by atoms with Crippen molar-refractivity contribution in [2.45, 2.75) is 40.2 Å². The molecule has 0 bridgehead atoms. The lowest BCUT2D eigenvalue weighted by atomic mass is 10.1. The number of rotatable bonds is 8. The number of allylic oxidation sites excluding steroid dienone is 2. The van der Waals surface area contributed by atoms with Gasteiger partial charge in [0.1, 0.15) is 11.2 Å². The number of fused-ring (bicyclic) bond motifs is 1. The van der Waals surface area contributed by atoms with Crippen LogP contribution in [-0.2, 0) is 22.6 Å². The molecule has 1 aliphatic heterocycles. The molecule has 9 heteroatoms. The first kappa shape index (κ1) is 25.2. The molecule has 0 aliphatic carbocycles. The number of carbonyl (C=O) groups is 1. The van der Waals surface area contributed by atoms with Gasteiger partial charge in [-0.25, -0.2) is 9.37 Å². The molecular weight excluding hydrogens is 437 g/mol. The fourth-order valence-corrected chi connectivity index (χ4v) is 3.58. The number of H-pyrrole nitrogens is 1. The number of benzene rings is 1. The van der Waals surface area contributed by atoms with Crippen LogP contribution in [0.4, 0.5) is 4.39 Å². The number of nitrogens with zero attached hydrogens (tertiary/aromatic N) is 3. The third-order valence-electron chi connectivity index (χ3n) is 5.44. The van der Waals surface area contributed by atoms with E-state index < -0.39 is 5.82 Å². The maximum Gasteiger partial charge on any atom is 0.270 e. The first-order valence-electron chi connectivity index (χ1n) is 11.3. The van der Waals surface area contributed by atoms with Crippen LogP contribution in [0.1, 0.15) is 38.4 Å². The van der Waals surface area contributed by atoms with E-state index in [0.29, 0.717) is 41.0 Å². The van der Waals surface area contributed by atoms with Gasteiger partial charge in [-0.05, 0) is 25.8 Å². The molecule has 3 rings (SSSR count). The second-order valence-corrected chi connectivity index (χ2v) is 7.70. The van der Waals surface area contributed by atoms with Crippen LogP contribution in [-0.4, -0.2) is 47.4 Å². The number of hydrogen-bond donors (Lipinski definition) is 2. The predicted molar refractivity (Wildman–Crippen MR) is 131 cm³/mol. The molecule has 34 heavy (non-hydrogen) atoms. The highest BCUT2D eigenvalue weighted by Gasteiger charge is 2.18. The Hall–Kier alpha value is -3.43. The zero-order chi connectivity index (χ0) is 24.7. The van der Waals surface area contributed by atoms with Gasteiger partial charge in [0.15, 0.2) is 5.82 Å². The number of aromatic nitrogens is 2. The summed E-state index contributed by atoms with van der Waals surface area (Å²) < 4.78 is 15.1. The highest BCUT2D eigenvalue weighted by atomic mass is 19.1. The summed E-state index contributed by atoms with van der Waals surface area (Å²) in [5.74, 6) is -0.702. The number of hydrogen-bond acceptors (Lipinski definition) is 6. The molecule has 2 aromatic rings. The highest BCUT2D eigenvalue weighted by molar-refractivity contribution is 6.12. The van der Waals surface area contributed by atoms with Gasteiger partial charge in [-0.15, -0.1) is 0 Å². The molecule has 8 nitrogen and oxygen atoms in total. The maximum atomic E-state index is 15.1. The number of carbonyl (C=O) groups excluding carboxylic acids is 1. The van der Waals surface area contributed by atoms with Crippen LogP contribution < -0.4 is 10.9 Å². The van der Waals surface area contributed by atoms with E-state index in [1.807, 2.05) is 39.0 Å². The van der Waals surface area contributed by atoms with Crippen molar-refractivity contribution >= 4 is 23.2 Å². The number of halogens is 1. The van der Waals surface area contributed by atoms with Gasteiger partial charge in [0.25, 0.3) is 11.5 Å². The van der Waals surface area contributed by atoms with Crippen LogP contribution >= 0.6 is 0 Å². The molecule has 0 atom stereocenters. The molecule has 2 N–H and O–H groups in total. The third kappa shape index (κ3) is 5.73. The van der Waals surface area contributed by atoms with Crippen molar-refractivity contribution in [1.29, 1.82) is 0 Å². The smallest absolute Gasteiger partial charge is 0.270 e. The molecule has 0 fully saturated rings. The minimum atomic E-state index is -0.508. The van der Waals surface area contributed by atoms with E-state index in [4.69, 9.17) is 4.84 Å². The Morgan fingerprint density at radius 2 is 2.18 bits per heavy atom. The maximum absolute atomic E-state index is 15.1. The van der Waals surface area contributed by atoms with Crippen LogP contribution in [0.15, 0.2) is 57.0 Å². The monoisotopic (exact) mass is 467 g/mol. The van der Waals surface area contributed by atoms with Crippen LogP contribution in [0.3, 0.4) is 0 Å². The lowest BCUT2D eigenvalue weighted by molar-refractivity contribution is -0.157. The number of aryl methyl sites for hydroxylation is 1. The van der Waals surface area contributed by atoms with Gasteiger partial charge in [-0.1, -0.05) is 38.1 Å². The molecular formula is C25H30FN5O3. The summed E-state index contributed by atoms with van der Waals surface area (Å²) in [4.78, 5) is 41.2. The summed E-state index contributed by atoms with van der Waals surface area (Å²) in [6.45, 7) is 6.54. The molecule has 180 valence electrons. The average Bonchev–Trinajstić information content (AvgIpc) is 2.85. The van der Waals surface area contributed by atoms with E-state index in [2.05, 4.69) is 20.3 Å². The topological polar surface area (TPSA) is 99.7 Å². The van der Waals surface area contributed by atoms with E-state index in [0.717, 1.165) is 12.0 Å². The van der Waals surface area contributed by atoms with Crippen molar-refractivity contribution in [3.05, 3.63) is 74.6 Å². The zero-order valence-electron chi connectivity index (χ0n) is 19.9. The zero-order valence-corrected chi connectivity index (χ0v) is 19.9. The van der Waals surface area contributed by atoms with Crippen LogP contribution in [0.5, 0.6) is 0 Å². The Kier molecular flexibility index (Phi) is 8.61. The largest absolute Gasteiger partial charge is 0.355 e. The van der Waals surface area contributed by atoms with Gasteiger partial charge < -0.3 is 10.3 Å². The summed E-state index contributed by atoms with van der Waals surface area (Å²) in [7, 11) is 1.58. The van der Waals surface area contributed by atoms with E-state index >= 15 is 4.39 Å². The third-order valence-corrected chi connectivity index (χ3v) is 5.44. The second-order valence-electron chi connectivity index (χ2n) is 7.70. The molecule has 1 amide bonds. The van der Waals surface area contributed by atoms with Crippen molar-refractivity contribution in [3.63, 3.8) is 0 Å². The van der Waals surface area contributed by atoms with E-state index in [-0.39, 0.29) is 30.1 Å². The van der Waals surface area contributed by atoms with Gasteiger partial charge in [0.05, 0.1) is 29.9 Å². The van der Waals surface area contributed by atoms with Crippen LogP contribution in [0.2, 0.25) is 0 Å². The summed E-state index contributed by atoms with van der Waals surface area (Å²) in [5.41, 5.74) is 3.00. The van der Waals surface area contributed by atoms with Crippen molar-refractivity contribution in [1.82, 2.24) is 20.3 Å². The SMILES string of the molecule is C\C=C(/N=C/C(=C/CC)C(=O)NC)C1=CCN(Cc2ccc3nc(CC)c(=O)[nH]c3c2F)OC1. The Labute approximate surface area is 197 Å². The summed E-state index contributed by atoms with van der Waals surface area (Å²) in [6, 6.07) is 3.36. The summed E-state index contributed by atoms with van der Waals surface area (Å²) >= 11 is 0. The van der Waals surface area contributed by atoms with Crippen molar-refractivity contribution in [2.75, 3.05) is 20.2 Å². The first-order valence-corrected chi connectivity index (χ1v) is 11.3. The molecule has 1 aromatic carbocycles. The lowest BCUT2D eigenvalue weighted by Crippen LogP contribution is -2.29. The quantitative estimate of drug-likeness (QED) is 0.458. The van der Waals surface area contributed by atoms with Crippen LogP contribution in [0, 0.1) is 5.82 Å². The standard InChI is InChI=1S/C25H30FN5O3/c1-5-8-16(24(32)27-4)13-28-19(6-2)18-11-12-31(34-15-18)14-17-9-10-21-23(22(17)26)30-25(33)20(7-3)29-21/h6,8-11,13H,5,7,12,14-15H2,1-4H3,(H,27,32)(H,30,33)/b16-8-,19-6-,28-13+. The first-order chi connectivity index (χ1) is 16.4. The van der Waals surface area contributed by atoms with Gasteiger partial charge in [-0.2, -0.15) is 5.06 Å². The second kappa shape index (κ2) is 11.6. The normalized spacial score (nSPS) is 15.7. The molecule has 0 unspecified atom stereocenters. The molecule has 0 saturated heterocycles. The number of aliphatic imine (C=N–C) groups is 1. The number of likely N-dealkylation sites (N-methyl/N-ethyl adjacent to an activating group) is 1. The predicted octanol–water partition coefficient (Wildman–Crippen LogP) is 3.36. The fraction of sp³-hybridized carbons (Fsp3) is 0.360. The molecule has 2 heterocycles. The van der Waals surface area contributed by atoms with Crippen LogP contribution in [0.25, 0.3) is 11.0 Å². The Morgan fingerprint density at radius 1 is 1.38 bits per heavy atom. The van der Waals surface area contributed by atoms with E-state index in [1.54, 1.807) is 30.5 Å². The van der Waals surface area contributed by atoms with E-state index in [1.165, 1.54) is 0 Å². The lowest BCUT2D eigenvalue weighted by Gasteiger charge is -2.26. The number of aromatic amines is 1. The molecule has 1 aromatic heterocycles. The van der Waals surface area contributed by atoms with Gasteiger partial charge in [-0.3, -0.25) is 19.4 Å². The average molecular weight is 468 g/mol. The molecule has 0 saturated carbocycles. The number of hydroxylamine groups is 2.